The Bertz CT molecular complexity index is 170. The quantitative estimate of drug-likeness (QED) is 0.470. The Labute approximate surface area is 56.7 Å². The van der Waals surface area contributed by atoms with Gasteiger partial charge < -0.3 is 24.2 Å². The first-order chi connectivity index (χ1) is 4.33. The summed E-state index contributed by atoms with van der Waals surface area (Å²) < 4.78 is 13.4. The second-order valence-corrected chi connectivity index (χ2v) is 2.68. The molecule has 0 spiro atoms. The van der Waals surface area contributed by atoms with Crippen molar-refractivity contribution < 1.29 is 28.8 Å². The normalized spacial score (nSPS) is 19.5. The molecular formula is C3H5O6P-2. The summed E-state index contributed by atoms with van der Waals surface area (Å²) in [7, 11) is -4.95. The smallest absolute Gasteiger partial charge is 0.265 e. The van der Waals surface area contributed by atoms with Gasteiger partial charge in [-0.05, 0) is 6.92 Å². The van der Waals surface area contributed by atoms with Crippen molar-refractivity contribution in [2.24, 2.45) is 0 Å². The zero-order valence-electron chi connectivity index (χ0n) is 5.01. The van der Waals surface area contributed by atoms with Gasteiger partial charge in [0.15, 0.2) is 0 Å². The van der Waals surface area contributed by atoms with Gasteiger partial charge in [-0.2, -0.15) is 0 Å². The molecule has 0 heterocycles. The maximum absolute atomic E-state index is 9.82. The summed E-state index contributed by atoms with van der Waals surface area (Å²) in [6.07, 6.45) is -1.66. The standard InChI is InChI=1S/C3H7O6P/c1-2(3(4)5)9-10(6,7)8/h2H,1H3,(H,4,5)(H2,6,7,8)/p-2/t2-/m0/s1. The third-order valence-electron chi connectivity index (χ3n) is 0.623. The molecule has 7 heteroatoms. The van der Waals surface area contributed by atoms with Crippen molar-refractivity contribution in [2.45, 2.75) is 13.0 Å². The Hall–Kier alpha value is -0.420. The molecule has 60 valence electrons. The predicted molar refractivity (Wildman–Crippen MR) is 25.4 cm³/mol. The maximum Gasteiger partial charge on any atom is 0.265 e. The van der Waals surface area contributed by atoms with Crippen LogP contribution < -0.4 is 10.00 Å². The predicted octanol–water partition coefficient (Wildman–Crippen LogP) is -2.40. The summed E-state index contributed by atoms with van der Waals surface area (Å²) in [5.74, 6) is -1.70. The van der Waals surface area contributed by atoms with Crippen LogP contribution >= 0.6 is 7.82 Å². The molecule has 0 saturated heterocycles. The van der Waals surface area contributed by atoms with Crippen LogP contribution in [0.2, 0.25) is 0 Å². The average Bonchev–Trinajstić information content (AvgIpc) is 1.60. The van der Waals surface area contributed by atoms with Gasteiger partial charge in [-0.1, -0.05) is 0 Å². The van der Waals surface area contributed by atoms with Gasteiger partial charge in [-0.25, -0.2) is 0 Å². The second-order valence-electron chi connectivity index (χ2n) is 1.54. The van der Waals surface area contributed by atoms with Gasteiger partial charge in [0.05, 0.1) is 5.97 Å². The zero-order chi connectivity index (χ0) is 8.36. The Balaban J connectivity index is 3.93. The van der Waals surface area contributed by atoms with Crippen LogP contribution in [0.25, 0.3) is 0 Å². The summed E-state index contributed by atoms with van der Waals surface area (Å²) >= 11 is 0. The van der Waals surface area contributed by atoms with Crippen LogP contribution in [0, 0.1) is 0 Å². The summed E-state index contributed by atoms with van der Waals surface area (Å²) in [6, 6.07) is 0. The van der Waals surface area contributed by atoms with Gasteiger partial charge >= 0.3 is 0 Å². The number of aliphatic carboxylic acids is 1. The fraction of sp³-hybridized carbons (Fsp3) is 0.667. The molecular weight excluding hydrogens is 163 g/mol. The van der Waals surface area contributed by atoms with Crippen molar-refractivity contribution in [1.82, 2.24) is 0 Å². The molecule has 10 heavy (non-hydrogen) atoms. The Kier molecular flexibility index (Phi) is 2.98. The Morgan fingerprint density at radius 3 is 2.30 bits per heavy atom. The number of carbonyl (C=O) groups is 1. The van der Waals surface area contributed by atoms with Gasteiger partial charge in [0.1, 0.15) is 6.10 Å². The molecule has 1 unspecified atom stereocenters. The van der Waals surface area contributed by atoms with Crippen LogP contribution in [0.15, 0.2) is 0 Å². The van der Waals surface area contributed by atoms with Crippen molar-refractivity contribution in [2.75, 3.05) is 0 Å². The molecule has 1 N–H and O–H groups in total. The Morgan fingerprint density at radius 1 is 1.80 bits per heavy atom. The minimum absolute atomic E-state index is 0.927. The van der Waals surface area contributed by atoms with E-state index < -0.39 is 19.9 Å². The topological polar surface area (TPSA) is 110 Å². The van der Waals surface area contributed by atoms with Gasteiger partial charge in [0.25, 0.3) is 7.82 Å². The van der Waals surface area contributed by atoms with E-state index in [2.05, 4.69) is 4.52 Å². The fourth-order valence-corrected chi connectivity index (χ4v) is 0.729. The summed E-state index contributed by atoms with van der Waals surface area (Å²) in [5.41, 5.74) is 0. The minimum atomic E-state index is -4.95. The maximum atomic E-state index is 9.82. The number of hydrogen-bond acceptors (Lipinski definition) is 5. The van der Waals surface area contributed by atoms with E-state index in [9.17, 15) is 19.4 Å². The van der Waals surface area contributed by atoms with E-state index in [0.717, 1.165) is 6.92 Å². The molecule has 0 aromatic rings. The zero-order valence-corrected chi connectivity index (χ0v) is 5.91. The van der Waals surface area contributed by atoms with Crippen molar-refractivity contribution in [3.8, 4) is 0 Å². The molecule has 0 rings (SSSR count). The van der Waals surface area contributed by atoms with Gasteiger partial charge in [0.2, 0.25) is 0 Å². The van der Waals surface area contributed by atoms with Crippen molar-refractivity contribution >= 4 is 13.8 Å². The van der Waals surface area contributed by atoms with Crippen LogP contribution in [-0.4, -0.2) is 17.0 Å². The highest BCUT2D eigenvalue weighted by atomic mass is 31.2. The van der Waals surface area contributed by atoms with Crippen molar-refractivity contribution in [3.05, 3.63) is 0 Å². The molecule has 0 radical (unpaired) electrons. The number of hydrogen-bond donors (Lipinski definition) is 1. The average molecular weight is 168 g/mol. The van der Waals surface area contributed by atoms with Crippen LogP contribution in [0.1, 0.15) is 6.92 Å². The van der Waals surface area contributed by atoms with E-state index in [-0.39, 0.29) is 0 Å². The van der Waals surface area contributed by atoms with Crippen molar-refractivity contribution in [3.63, 3.8) is 0 Å². The number of carboxylic acid groups (broad SMARTS) is 1. The summed E-state index contributed by atoms with van der Waals surface area (Å²) in [6.45, 7) is 0.927. The molecule has 6 nitrogen and oxygen atoms in total. The number of rotatable bonds is 3. The lowest BCUT2D eigenvalue weighted by molar-refractivity contribution is -0.316. The molecule has 0 fully saturated rings. The lowest BCUT2D eigenvalue weighted by Gasteiger charge is -2.21. The molecule has 0 aromatic carbocycles. The first kappa shape index (κ1) is 9.58. The number of phosphoric acid groups is 1. The number of phosphoric ester groups is 1. The van der Waals surface area contributed by atoms with Gasteiger partial charge in [-0.3, -0.25) is 4.57 Å². The van der Waals surface area contributed by atoms with E-state index in [1.165, 1.54) is 0 Å². The third kappa shape index (κ3) is 4.46. The molecule has 0 aliphatic rings. The lowest BCUT2D eigenvalue weighted by Crippen LogP contribution is -2.35. The minimum Gasteiger partial charge on any atom is -0.756 e. The van der Waals surface area contributed by atoms with Crippen LogP contribution in [0.4, 0.5) is 0 Å². The van der Waals surface area contributed by atoms with Gasteiger partial charge in [0, 0.05) is 0 Å². The van der Waals surface area contributed by atoms with Gasteiger partial charge in [-0.15, -0.1) is 0 Å². The summed E-state index contributed by atoms with van der Waals surface area (Å²) in [4.78, 5) is 27.5. The molecule has 2 atom stereocenters. The second kappa shape index (κ2) is 3.12. The SMILES string of the molecule is C[C@H](OP(=O)([O-])O)C(=O)[O-]. The van der Waals surface area contributed by atoms with E-state index in [1.807, 2.05) is 0 Å². The van der Waals surface area contributed by atoms with Crippen LogP contribution in [0.3, 0.4) is 0 Å². The largest absolute Gasteiger partial charge is 0.756 e. The molecule has 0 aliphatic carbocycles. The fourth-order valence-electron chi connectivity index (χ4n) is 0.243. The molecule has 0 bridgehead atoms. The van der Waals surface area contributed by atoms with Crippen molar-refractivity contribution in [1.29, 1.82) is 0 Å². The van der Waals surface area contributed by atoms with Crippen LogP contribution in [0.5, 0.6) is 0 Å². The Morgan fingerprint density at radius 2 is 2.20 bits per heavy atom. The first-order valence-electron chi connectivity index (χ1n) is 2.26. The van der Waals surface area contributed by atoms with E-state index >= 15 is 0 Å². The first-order valence-corrected chi connectivity index (χ1v) is 3.75. The van der Waals surface area contributed by atoms with Crippen LogP contribution in [-0.2, 0) is 13.9 Å². The van der Waals surface area contributed by atoms with E-state index in [4.69, 9.17) is 4.89 Å². The summed E-state index contributed by atoms with van der Waals surface area (Å²) in [5, 5.41) is 9.77. The lowest BCUT2D eigenvalue weighted by atomic mass is 10.4. The highest BCUT2D eigenvalue weighted by molar-refractivity contribution is 7.44. The molecule has 0 aromatic heterocycles. The molecule has 0 saturated carbocycles. The highest BCUT2D eigenvalue weighted by Crippen LogP contribution is 2.31. The van der Waals surface area contributed by atoms with E-state index in [1.54, 1.807) is 0 Å². The third-order valence-corrected chi connectivity index (χ3v) is 1.21. The monoisotopic (exact) mass is 168 g/mol. The number of carboxylic acids is 1. The van der Waals surface area contributed by atoms with E-state index in [0.29, 0.717) is 0 Å². The molecule has 0 amide bonds. The number of carbonyl (C=O) groups excluding carboxylic acids is 1. The highest BCUT2D eigenvalue weighted by Gasteiger charge is 2.09. The molecule has 0 aliphatic heterocycles.